The minimum Gasteiger partial charge on any atom is -0.377 e. The van der Waals surface area contributed by atoms with Crippen LogP contribution in [0.25, 0.3) is 0 Å². The molecular weight excluding hydrogens is 402 g/mol. The summed E-state index contributed by atoms with van der Waals surface area (Å²) in [7, 11) is 0. The lowest BCUT2D eigenvalue weighted by molar-refractivity contribution is -0.0317. The molecule has 0 aromatic heterocycles. The standard InChI is InChI=1S/C28H29NO.ClH/c1-2-12-25-27(24-17-10-5-11-18-24)29-26(23-15-8-4-9-16-23)21-28(25,30)20-19-22-13-6-3-7-14-22;/h3-11,13-18,25-27,29-30H,2,12,21H2,1H3;1H. The number of halogens is 1. The van der Waals surface area contributed by atoms with Crippen LogP contribution in [-0.2, 0) is 0 Å². The molecule has 4 rings (SSSR count). The van der Waals surface area contributed by atoms with Gasteiger partial charge in [0.1, 0.15) is 5.60 Å². The molecule has 3 aromatic rings. The minimum atomic E-state index is -1.07. The Hall–Kier alpha value is -2.57. The maximum Gasteiger partial charge on any atom is 0.132 e. The lowest BCUT2D eigenvalue weighted by Crippen LogP contribution is -2.52. The molecule has 2 nitrogen and oxygen atoms in total. The summed E-state index contributed by atoms with van der Waals surface area (Å²) in [5.74, 6) is 6.59. The quantitative estimate of drug-likeness (QED) is 0.490. The molecule has 1 saturated heterocycles. The van der Waals surface area contributed by atoms with Gasteiger partial charge in [0.2, 0.25) is 0 Å². The van der Waals surface area contributed by atoms with Crippen LogP contribution in [0.2, 0.25) is 0 Å². The van der Waals surface area contributed by atoms with E-state index in [-0.39, 0.29) is 30.4 Å². The van der Waals surface area contributed by atoms with E-state index < -0.39 is 5.60 Å². The molecule has 0 bridgehead atoms. The van der Waals surface area contributed by atoms with Crippen LogP contribution in [0, 0.1) is 17.8 Å². The van der Waals surface area contributed by atoms with Crippen LogP contribution in [0.5, 0.6) is 0 Å². The van der Waals surface area contributed by atoms with Crippen molar-refractivity contribution < 1.29 is 5.11 Å². The van der Waals surface area contributed by atoms with Crippen molar-refractivity contribution in [2.75, 3.05) is 0 Å². The van der Waals surface area contributed by atoms with Gasteiger partial charge in [-0.25, -0.2) is 0 Å². The van der Waals surface area contributed by atoms with Gasteiger partial charge in [-0.05, 0) is 29.7 Å². The fourth-order valence-electron chi connectivity index (χ4n) is 4.58. The van der Waals surface area contributed by atoms with Crippen LogP contribution in [0.15, 0.2) is 91.0 Å². The van der Waals surface area contributed by atoms with E-state index in [0.717, 1.165) is 18.4 Å². The van der Waals surface area contributed by atoms with E-state index in [1.54, 1.807) is 0 Å². The summed E-state index contributed by atoms with van der Waals surface area (Å²) in [4.78, 5) is 0. The Balaban J connectivity index is 0.00000272. The highest BCUT2D eigenvalue weighted by Crippen LogP contribution is 2.45. The topological polar surface area (TPSA) is 32.3 Å². The van der Waals surface area contributed by atoms with Gasteiger partial charge in [0.15, 0.2) is 0 Å². The molecule has 4 unspecified atom stereocenters. The number of hydrogen-bond acceptors (Lipinski definition) is 2. The van der Waals surface area contributed by atoms with Gasteiger partial charge >= 0.3 is 0 Å². The predicted octanol–water partition coefficient (Wildman–Crippen LogP) is 6.08. The van der Waals surface area contributed by atoms with Crippen molar-refractivity contribution in [3.05, 3.63) is 108 Å². The zero-order chi connectivity index (χ0) is 20.8. The Bertz CT molecular complexity index is 997. The van der Waals surface area contributed by atoms with Crippen molar-refractivity contribution >= 4 is 12.4 Å². The van der Waals surface area contributed by atoms with Gasteiger partial charge in [-0.3, -0.25) is 0 Å². The zero-order valence-corrected chi connectivity index (χ0v) is 18.7. The Morgan fingerprint density at radius 3 is 2.00 bits per heavy atom. The maximum absolute atomic E-state index is 12.0. The first-order valence-electron chi connectivity index (χ1n) is 10.9. The molecule has 1 aliphatic rings. The number of hydrogen-bond donors (Lipinski definition) is 2. The average Bonchev–Trinajstić information content (AvgIpc) is 2.81. The third-order valence-electron chi connectivity index (χ3n) is 6.07. The van der Waals surface area contributed by atoms with Crippen LogP contribution in [0.1, 0.15) is 55.0 Å². The molecule has 0 aliphatic carbocycles. The van der Waals surface area contributed by atoms with Crippen molar-refractivity contribution in [1.82, 2.24) is 5.32 Å². The van der Waals surface area contributed by atoms with Crippen molar-refractivity contribution in [3.8, 4) is 11.8 Å². The van der Waals surface area contributed by atoms with Crippen molar-refractivity contribution in [1.29, 1.82) is 0 Å². The highest BCUT2D eigenvalue weighted by Gasteiger charge is 2.47. The fourth-order valence-corrected chi connectivity index (χ4v) is 4.58. The van der Waals surface area contributed by atoms with E-state index >= 15 is 0 Å². The molecule has 1 heterocycles. The van der Waals surface area contributed by atoms with E-state index in [0.29, 0.717) is 6.42 Å². The Labute approximate surface area is 192 Å². The normalized spacial score (nSPS) is 25.0. The molecule has 0 saturated carbocycles. The second kappa shape index (κ2) is 10.6. The number of piperidine rings is 1. The molecule has 0 amide bonds. The van der Waals surface area contributed by atoms with E-state index in [4.69, 9.17) is 0 Å². The largest absolute Gasteiger partial charge is 0.377 e. The first-order valence-corrected chi connectivity index (χ1v) is 10.9. The Morgan fingerprint density at radius 1 is 0.871 bits per heavy atom. The molecule has 1 aliphatic heterocycles. The van der Waals surface area contributed by atoms with Crippen LogP contribution >= 0.6 is 12.4 Å². The van der Waals surface area contributed by atoms with Gasteiger partial charge in [-0.1, -0.05) is 104 Å². The fraction of sp³-hybridized carbons (Fsp3) is 0.286. The highest BCUT2D eigenvalue weighted by atomic mass is 35.5. The molecule has 3 aromatic carbocycles. The lowest BCUT2D eigenvalue weighted by atomic mass is 9.69. The molecule has 4 atom stereocenters. The second-order valence-electron chi connectivity index (χ2n) is 8.16. The molecule has 160 valence electrons. The van der Waals surface area contributed by atoms with Gasteiger partial charge in [0, 0.05) is 30.0 Å². The minimum absolute atomic E-state index is 0. The first kappa shape index (κ1) is 23.1. The maximum atomic E-state index is 12.0. The number of rotatable bonds is 4. The van der Waals surface area contributed by atoms with Gasteiger partial charge in [-0.15, -0.1) is 12.4 Å². The van der Waals surface area contributed by atoms with Crippen LogP contribution < -0.4 is 5.32 Å². The molecule has 0 spiro atoms. The Morgan fingerprint density at radius 2 is 1.42 bits per heavy atom. The summed E-state index contributed by atoms with van der Waals surface area (Å²) in [6.07, 6.45) is 2.49. The predicted molar refractivity (Wildman–Crippen MR) is 130 cm³/mol. The average molecular weight is 432 g/mol. The smallest absolute Gasteiger partial charge is 0.132 e. The van der Waals surface area contributed by atoms with E-state index in [9.17, 15) is 5.11 Å². The summed E-state index contributed by atoms with van der Waals surface area (Å²) in [5.41, 5.74) is 2.26. The van der Waals surface area contributed by atoms with Crippen molar-refractivity contribution in [2.24, 2.45) is 5.92 Å². The molecular formula is C28H30ClNO. The summed E-state index contributed by atoms with van der Waals surface area (Å²) >= 11 is 0. The van der Waals surface area contributed by atoms with E-state index in [1.807, 2.05) is 42.5 Å². The lowest BCUT2D eigenvalue weighted by Gasteiger charge is -2.46. The molecule has 31 heavy (non-hydrogen) atoms. The SMILES string of the molecule is CCCC1C(c2ccccc2)NC(c2ccccc2)CC1(O)C#Cc1ccccc1.Cl. The van der Waals surface area contributed by atoms with Gasteiger partial charge in [0.05, 0.1) is 0 Å². The summed E-state index contributed by atoms with van der Waals surface area (Å²) in [6, 6.07) is 30.9. The second-order valence-corrected chi connectivity index (χ2v) is 8.16. The van der Waals surface area contributed by atoms with Gasteiger partial charge in [0.25, 0.3) is 0 Å². The summed E-state index contributed by atoms with van der Waals surface area (Å²) < 4.78 is 0. The van der Waals surface area contributed by atoms with Crippen molar-refractivity contribution in [3.63, 3.8) is 0 Å². The van der Waals surface area contributed by atoms with Gasteiger partial charge in [-0.2, -0.15) is 0 Å². The van der Waals surface area contributed by atoms with Crippen molar-refractivity contribution in [2.45, 2.75) is 43.9 Å². The molecule has 1 fully saturated rings. The summed E-state index contributed by atoms with van der Waals surface area (Å²) in [6.45, 7) is 2.18. The molecule has 3 heteroatoms. The van der Waals surface area contributed by atoms with Crippen LogP contribution in [0.3, 0.4) is 0 Å². The third kappa shape index (κ3) is 5.38. The number of benzene rings is 3. The first-order chi connectivity index (χ1) is 14.7. The molecule has 2 N–H and O–H groups in total. The zero-order valence-electron chi connectivity index (χ0n) is 17.9. The summed E-state index contributed by atoms with van der Waals surface area (Å²) in [5, 5.41) is 15.8. The number of aliphatic hydroxyl groups is 1. The van der Waals surface area contributed by atoms with E-state index in [2.05, 4.69) is 72.6 Å². The monoisotopic (exact) mass is 431 g/mol. The highest BCUT2D eigenvalue weighted by molar-refractivity contribution is 5.85. The number of nitrogens with one attached hydrogen (secondary N) is 1. The van der Waals surface area contributed by atoms with E-state index in [1.165, 1.54) is 11.1 Å². The van der Waals surface area contributed by atoms with Crippen LogP contribution in [-0.4, -0.2) is 10.7 Å². The molecule has 0 radical (unpaired) electrons. The Kier molecular flexibility index (Phi) is 7.93. The van der Waals surface area contributed by atoms with Crippen LogP contribution in [0.4, 0.5) is 0 Å². The van der Waals surface area contributed by atoms with Gasteiger partial charge < -0.3 is 10.4 Å². The third-order valence-corrected chi connectivity index (χ3v) is 6.07.